The van der Waals surface area contributed by atoms with Crippen molar-refractivity contribution in [3.8, 4) is 0 Å². The van der Waals surface area contributed by atoms with Gasteiger partial charge in [-0.2, -0.15) is 0 Å². The summed E-state index contributed by atoms with van der Waals surface area (Å²) >= 11 is 1.03. The number of amides is 1. The van der Waals surface area contributed by atoms with Gasteiger partial charge in [0.15, 0.2) is 12.1 Å². The Morgan fingerprint density at radius 2 is 1.86 bits per heavy atom. The Hall–Kier alpha value is -1.96. The van der Waals surface area contributed by atoms with Crippen molar-refractivity contribution in [3.63, 3.8) is 0 Å². The van der Waals surface area contributed by atoms with E-state index in [1.807, 2.05) is 0 Å². The molecule has 3 N–H and O–H groups in total. The SMILES string of the molecule is O=C1Nc2c(cc(F)c(C(O)O)c2F)Sc2ccccc21. The number of benzene rings is 2. The highest BCUT2D eigenvalue weighted by Crippen LogP contribution is 2.42. The lowest BCUT2D eigenvalue weighted by atomic mass is 10.1. The standard InChI is InChI=1S/C14H9F2NO3S/c15-7-5-9-12(11(16)10(7)14(19)20)17-13(18)6-3-1-2-4-8(6)21-9/h1-5,14,19-20H,(H,17,18). The first-order valence-electron chi connectivity index (χ1n) is 5.95. The van der Waals surface area contributed by atoms with Gasteiger partial charge in [-0.3, -0.25) is 4.79 Å². The maximum atomic E-state index is 14.3. The van der Waals surface area contributed by atoms with Crippen LogP contribution in [0.25, 0.3) is 0 Å². The molecule has 0 saturated carbocycles. The molecule has 0 unspecified atom stereocenters. The minimum atomic E-state index is -2.30. The number of hydrogen-bond acceptors (Lipinski definition) is 4. The van der Waals surface area contributed by atoms with Gasteiger partial charge < -0.3 is 15.5 Å². The van der Waals surface area contributed by atoms with Crippen molar-refractivity contribution in [2.75, 3.05) is 5.32 Å². The van der Waals surface area contributed by atoms with Gasteiger partial charge in [0.25, 0.3) is 5.91 Å². The first-order valence-corrected chi connectivity index (χ1v) is 6.77. The van der Waals surface area contributed by atoms with E-state index in [1.54, 1.807) is 24.3 Å². The van der Waals surface area contributed by atoms with Gasteiger partial charge in [0.05, 0.1) is 16.8 Å². The fourth-order valence-corrected chi connectivity index (χ4v) is 3.15. The molecule has 2 aromatic rings. The first kappa shape index (κ1) is 14.0. The molecule has 7 heteroatoms. The molecule has 0 atom stereocenters. The fourth-order valence-electron chi connectivity index (χ4n) is 2.09. The van der Waals surface area contributed by atoms with Crippen LogP contribution in [0.5, 0.6) is 0 Å². The summed E-state index contributed by atoms with van der Waals surface area (Å²) < 4.78 is 28.1. The zero-order valence-electron chi connectivity index (χ0n) is 10.4. The van der Waals surface area contributed by atoms with E-state index in [4.69, 9.17) is 10.2 Å². The van der Waals surface area contributed by atoms with Crippen molar-refractivity contribution in [2.45, 2.75) is 16.1 Å². The van der Waals surface area contributed by atoms with Crippen LogP contribution in [0, 0.1) is 11.6 Å². The van der Waals surface area contributed by atoms with E-state index in [-0.39, 0.29) is 10.6 Å². The van der Waals surface area contributed by atoms with Crippen LogP contribution in [-0.2, 0) is 0 Å². The van der Waals surface area contributed by atoms with E-state index >= 15 is 0 Å². The Kier molecular flexibility index (Phi) is 3.40. The summed E-state index contributed by atoms with van der Waals surface area (Å²) in [5.41, 5.74) is -0.809. The predicted molar refractivity (Wildman–Crippen MR) is 72.1 cm³/mol. The lowest BCUT2D eigenvalue weighted by Gasteiger charge is -2.13. The maximum absolute atomic E-state index is 14.3. The van der Waals surface area contributed by atoms with Crippen LogP contribution in [0.1, 0.15) is 22.2 Å². The molecule has 1 heterocycles. The number of aliphatic hydroxyl groups excluding tert-OH is 1. The summed E-state index contributed by atoms with van der Waals surface area (Å²) in [6.45, 7) is 0. The number of aliphatic hydroxyl groups is 2. The Morgan fingerprint density at radius 1 is 1.14 bits per heavy atom. The molecular formula is C14H9F2NO3S. The lowest BCUT2D eigenvalue weighted by Crippen LogP contribution is -2.14. The predicted octanol–water partition coefficient (Wildman–Crippen LogP) is 2.66. The summed E-state index contributed by atoms with van der Waals surface area (Å²) in [5, 5.41) is 20.5. The van der Waals surface area contributed by atoms with Crippen molar-refractivity contribution in [3.05, 3.63) is 53.1 Å². The van der Waals surface area contributed by atoms with Crippen LogP contribution >= 0.6 is 11.8 Å². The Bertz CT molecular complexity index is 749. The van der Waals surface area contributed by atoms with E-state index < -0.39 is 29.4 Å². The Morgan fingerprint density at radius 3 is 2.57 bits per heavy atom. The molecule has 21 heavy (non-hydrogen) atoms. The summed E-state index contributed by atoms with van der Waals surface area (Å²) in [4.78, 5) is 12.8. The zero-order valence-corrected chi connectivity index (χ0v) is 11.2. The molecule has 108 valence electrons. The van der Waals surface area contributed by atoms with Gasteiger partial charge >= 0.3 is 0 Å². The Labute approximate surface area is 122 Å². The highest BCUT2D eigenvalue weighted by Gasteiger charge is 2.27. The molecule has 3 rings (SSSR count). The van der Waals surface area contributed by atoms with E-state index in [9.17, 15) is 13.6 Å². The molecule has 1 amide bonds. The zero-order chi connectivity index (χ0) is 15.1. The van der Waals surface area contributed by atoms with Crippen molar-refractivity contribution in [1.29, 1.82) is 0 Å². The monoisotopic (exact) mass is 309 g/mol. The maximum Gasteiger partial charge on any atom is 0.256 e. The molecule has 1 aliphatic heterocycles. The minimum Gasteiger partial charge on any atom is -0.364 e. The molecular weight excluding hydrogens is 300 g/mol. The fraction of sp³-hybridized carbons (Fsp3) is 0.0714. The van der Waals surface area contributed by atoms with Gasteiger partial charge in [0, 0.05) is 9.79 Å². The number of halogens is 2. The molecule has 2 aromatic carbocycles. The van der Waals surface area contributed by atoms with Crippen LogP contribution in [0.3, 0.4) is 0 Å². The molecule has 0 spiro atoms. The molecule has 0 aliphatic carbocycles. The van der Waals surface area contributed by atoms with Gasteiger partial charge in [-0.05, 0) is 18.2 Å². The smallest absolute Gasteiger partial charge is 0.256 e. The summed E-state index contributed by atoms with van der Waals surface area (Å²) in [7, 11) is 0. The number of nitrogens with one attached hydrogen (secondary N) is 1. The van der Waals surface area contributed by atoms with E-state index in [0.29, 0.717) is 10.5 Å². The second-order valence-corrected chi connectivity index (χ2v) is 5.47. The minimum absolute atomic E-state index is 0.160. The number of rotatable bonds is 1. The van der Waals surface area contributed by atoms with E-state index in [2.05, 4.69) is 5.32 Å². The molecule has 0 fully saturated rings. The van der Waals surface area contributed by atoms with E-state index in [1.165, 1.54) is 0 Å². The highest BCUT2D eigenvalue weighted by atomic mass is 32.2. The van der Waals surface area contributed by atoms with Crippen LogP contribution < -0.4 is 5.32 Å². The van der Waals surface area contributed by atoms with Gasteiger partial charge in [-0.25, -0.2) is 8.78 Å². The average Bonchev–Trinajstić information content (AvgIpc) is 2.56. The third kappa shape index (κ3) is 2.29. The second-order valence-electron chi connectivity index (χ2n) is 4.39. The third-order valence-electron chi connectivity index (χ3n) is 3.07. The second kappa shape index (κ2) is 5.10. The van der Waals surface area contributed by atoms with Crippen LogP contribution in [0.4, 0.5) is 14.5 Å². The lowest BCUT2D eigenvalue weighted by molar-refractivity contribution is -0.0475. The molecule has 0 radical (unpaired) electrons. The summed E-state index contributed by atoms with van der Waals surface area (Å²) in [5.74, 6) is -2.81. The first-order chi connectivity index (χ1) is 9.99. The van der Waals surface area contributed by atoms with Gasteiger partial charge in [0.2, 0.25) is 0 Å². The third-order valence-corrected chi connectivity index (χ3v) is 4.18. The largest absolute Gasteiger partial charge is 0.364 e. The Balaban J connectivity index is 2.22. The quantitative estimate of drug-likeness (QED) is 0.708. The molecule has 4 nitrogen and oxygen atoms in total. The number of carbonyl (C=O) groups is 1. The number of fused-ring (bicyclic) bond motifs is 2. The normalized spacial score (nSPS) is 13.5. The molecule has 0 saturated heterocycles. The average molecular weight is 309 g/mol. The number of anilines is 1. The van der Waals surface area contributed by atoms with Gasteiger partial charge in [-0.1, -0.05) is 23.9 Å². The van der Waals surface area contributed by atoms with Crippen molar-refractivity contribution >= 4 is 23.4 Å². The van der Waals surface area contributed by atoms with Crippen molar-refractivity contribution < 1.29 is 23.8 Å². The molecule has 1 aliphatic rings. The molecule has 0 aromatic heterocycles. The van der Waals surface area contributed by atoms with Crippen LogP contribution in [0.2, 0.25) is 0 Å². The molecule has 0 bridgehead atoms. The van der Waals surface area contributed by atoms with Crippen molar-refractivity contribution in [1.82, 2.24) is 0 Å². The summed E-state index contributed by atoms with van der Waals surface area (Å²) in [6.07, 6.45) is -2.30. The number of hydrogen-bond donors (Lipinski definition) is 3. The van der Waals surface area contributed by atoms with Crippen molar-refractivity contribution in [2.24, 2.45) is 0 Å². The van der Waals surface area contributed by atoms with E-state index in [0.717, 1.165) is 17.8 Å². The van der Waals surface area contributed by atoms with Gasteiger partial charge in [0.1, 0.15) is 5.82 Å². The highest BCUT2D eigenvalue weighted by molar-refractivity contribution is 7.99. The topological polar surface area (TPSA) is 69.6 Å². The number of carbonyl (C=O) groups excluding carboxylic acids is 1. The van der Waals surface area contributed by atoms with Crippen LogP contribution in [0.15, 0.2) is 40.1 Å². The van der Waals surface area contributed by atoms with Gasteiger partial charge in [-0.15, -0.1) is 0 Å². The van der Waals surface area contributed by atoms with Crippen LogP contribution in [-0.4, -0.2) is 16.1 Å². The summed E-state index contributed by atoms with van der Waals surface area (Å²) in [6, 6.07) is 7.58.